The molecule has 0 aromatic heterocycles. The van der Waals surface area contributed by atoms with Gasteiger partial charge >= 0.3 is 5.97 Å². The van der Waals surface area contributed by atoms with Crippen LogP contribution in [0.5, 0.6) is 0 Å². The van der Waals surface area contributed by atoms with Crippen LogP contribution in [0, 0.1) is 17.3 Å². The Morgan fingerprint density at radius 1 is 1.29 bits per heavy atom. The number of amides is 1. The highest BCUT2D eigenvalue weighted by molar-refractivity contribution is 5.91. The van der Waals surface area contributed by atoms with Crippen molar-refractivity contribution in [1.29, 1.82) is 0 Å². The molecule has 2 aliphatic rings. The van der Waals surface area contributed by atoms with Crippen LogP contribution in [-0.4, -0.2) is 48.3 Å². The first-order valence-electron chi connectivity index (χ1n) is 5.80. The van der Waals surface area contributed by atoms with E-state index in [0.29, 0.717) is 26.3 Å². The number of aliphatic carboxylic acids is 1. The number of hydrogen-bond donors (Lipinski definition) is 2. The molecular weight excluding hydrogens is 224 g/mol. The van der Waals surface area contributed by atoms with Crippen LogP contribution in [0.4, 0.5) is 0 Å². The normalized spacial score (nSPS) is 31.9. The second-order valence-electron chi connectivity index (χ2n) is 5.19. The van der Waals surface area contributed by atoms with Gasteiger partial charge in [-0.05, 0) is 5.41 Å². The van der Waals surface area contributed by atoms with Crippen LogP contribution in [0.15, 0.2) is 0 Å². The number of carboxylic acid groups (broad SMARTS) is 1. The molecule has 1 aliphatic heterocycles. The molecule has 1 saturated heterocycles. The van der Waals surface area contributed by atoms with E-state index in [1.54, 1.807) is 5.01 Å². The van der Waals surface area contributed by atoms with Crippen molar-refractivity contribution in [2.45, 2.75) is 13.8 Å². The van der Waals surface area contributed by atoms with Crippen molar-refractivity contribution in [2.75, 3.05) is 26.3 Å². The molecular formula is C11H18N2O4. The smallest absolute Gasteiger partial charge is 0.307 e. The largest absolute Gasteiger partial charge is 0.481 e. The van der Waals surface area contributed by atoms with E-state index in [4.69, 9.17) is 9.84 Å². The first-order valence-corrected chi connectivity index (χ1v) is 5.80. The fraction of sp³-hybridized carbons (Fsp3) is 0.818. The lowest BCUT2D eigenvalue weighted by molar-refractivity contribution is -0.141. The van der Waals surface area contributed by atoms with Gasteiger partial charge in [0.15, 0.2) is 0 Å². The lowest BCUT2D eigenvalue weighted by Gasteiger charge is -2.27. The van der Waals surface area contributed by atoms with Crippen LogP contribution in [0.2, 0.25) is 0 Å². The summed E-state index contributed by atoms with van der Waals surface area (Å²) in [6.45, 7) is 6.12. The summed E-state index contributed by atoms with van der Waals surface area (Å²) in [6, 6.07) is 0. The number of carboxylic acids is 1. The summed E-state index contributed by atoms with van der Waals surface area (Å²) in [7, 11) is 0. The zero-order valence-electron chi connectivity index (χ0n) is 10.1. The summed E-state index contributed by atoms with van der Waals surface area (Å²) in [6.07, 6.45) is 0. The Morgan fingerprint density at radius 3 is 2.35 bits per heavy atom. The quantitative estimate of drug-likeness (QED) is 0.710. The van der Waals surface area contributed by atoms with Gasteiger partial charge in [0.2, 0.25) is 5.91 Å². The molecule has 0 aromatic rings. The van der Waals surface area contributed by atoms with E-state index in [9.17, 15) is 9.59 Å². The molecule has 2 fully saturated rings. The van der Waals surface area contributed by atoms with E-state index in [-0.39, 0.29) is 5.91 Å². The molecule has 1 saturated carbocycles. The number of carbonyl (C=O) groups excluding carboxylic acids is 1. The summed E-state index contributed by atoms with van der Waals surface area (Å²) in [5.41, 5.74) is 2.33. The number of nitrogens with one attached hydrogen (secondary N) is 1. The van der Waals surface area contributed by atoms with Gasteiger partial charge in [-0.15, -0.1) is 0 Å². The average Bonchev–Trinajstić information content (AvgIpc) is 2.83. The van der Waals surface area contributed by atoms with Gasteiger partial charge in [0.05, 0.1) is 25.0 Å². The van der Waals surface area contributed by atoms with E-state index >= 15 is 0 Å². The van der Waals surface area contributed by atoms with Crippen molar-refractivity contribution < 1.29 is 19.4 Å². The number of rotatable bonds is 3. The molecule has 1 heterocycles. The molecule has 0 spiro atoms. The van der Waals surface area contributed by atoms with Crippen molar-refractivity contribution in [1.82, 2.24) is 10.4 Å². The molecule has 2 atom stereocenters. The Kier molecular flexibility index (Phi) is 3.09. The molecule has 2 rings (SSSR count). The summed E-state index contributed by atoms with van der Waals surface area (Å²) in [4.78, 5) is 22.9. The number of carbonyl (C=O) groups is 2. The molecule has 0 radical (unpaired) electrons. The summed E-state index contributed by atoms with van der Waals surface area (Å²) < 4.78 is 5.17. The molecule has 6 nitrogen and oxygen atoms in total. The molecule has 0 bridgehead atoms. The molecule has 1 amide bonds. The lowest BCUT2D eigenvalue weighted by atomic mass is 10.1. The van der Waals surface area contributed by atoms with Gasteiger partial charge in [0.25, 0.3) is 0 Å². The van der Waals surface area contributed by atoms with Crippen molar-refractivity contribution in [3.63, 3.8) is 0 Å². The SMILES string of the molecule is CC1(C)C(C(=O)O)C1C(=O)NN1CCOCC1. The maximum atomic E-state index is 11.9. The van der Waals surface area contributed by atoms with Crippen LogP contribution in [0.25, 0.3) is 0 Å². The highest BCUT2D eigenvalue weighted by Gasteiger charge is 2.66. The Hall–Kier alpha value is -1.14. The standard InChI is InChI=1S/C11H18N2O4/c1-11(2)7(8(11)10(15)16)9(14)12-13-3-5-17-6-4-13/h7-8H,3-6H2,1-2H3,(H,12,14)(H,15,16). The molecule has 2 unspecified atom stereocenters. The summed E-state index contributed by atoms with van der Waals surface area (Å²) in [5, 5.41) is 10.8. The van der Waals surface area contributed by atoms with Crippen molar-refractivity contribution >= 4 is 11.9 Å². The van der Waals surface area contributed by atoms with Gasteiger partial charge < -0.3 is 9.84 Å². The minimum absolute atomic E-state index is 0.190. The number of hydrazine groups is 1. The highest BCUT2D eigenvalue weighted by Crippen LogP contribution is 2.58. The first-order chi connectivity index (χ1) is 7.94. The van der Waals surface area contributed by atoms with E-state index in [0.717, 1.165) is 0 Å². The number of nitrogens with zero attached hydrogens (tertiary/aromatic N) is 1. The zero-order chi connectivity index (χ0) is 12.6. The predicted octanol–water partition coefficient (Wildman–Crippen LogP) is -0.293. The maximum Gasteiger partial charge on any atom is 0.307 e. The molecule has 1 aliphatic carbocycles. The second kappa shape index (κ2) is 4.27. The molecule has 0 aromatic carbocycles. The zero-order valence-corrected chi connectivity index (χ0v) is 10.1. The number of ether oxygens (including phenoxy) is 1. The van der Waals surface area contributed by atoms with Crippen LogP contribution in [0.3, 0.4) is 0 Å². The van der Waals surface area contributed by atoms with Crippen LogP contribution >= 0.6 is 0 Å². The van der Waals surface area contributed by atoms with Crippen LogP contribution < -0.4 is 5.43 Å². The Balaban J connectivity index is 1.90. The van der Waals surface area contributed by atoms with E-state index in [1.807, 2.05) is 13.8 Å². The van der Waals surface area contributed by atoms with E-state index in [2.05, 4.69) is 5.43 Å². The highest BCUT2D eigenvalue weighted by atomic mass is 16.5. The van der Waals surface area contributed by atoms with Gasteiger partial charge in [0.1, 0.15) is 0 Å². The fourth-order valence-corrected chi connectivity index (χ4v) is 2.49. The van der Waals surface area contributed by atoms with Crippen LogP contribution in [-0.2, 0) is 14.3 Å². The Morgan fingerprint density at radius 2 is 1.88 bits per heavy atom. The third-order valence-electron chi connectivity index (χ3n) is 3.66. The lowest BCUT2D eigenvalue weighted by Crippen LogP contribution is -2.49. The van der Waals surface area contributed by atoms with Crippen molar-refractivity contribution in [2.24, 2.45) is 17.3 Å². The number of morpholine rings is 1. The van der Waals surface area contributed by atoms with Gasteiger partial charge in [-0.25, -0.2) is 5.01 Å². The van der Waals surface area contributed by atoms with Crippen molar-refractivity contribution in [3.05, 3.63) is 0 Å². The van der Waals surface area contributed by atoms with E-state index < -0.39 is 23.2 Å². The first kappa shape index (κ1) is 12.3. The minimum Gasteiger partial charge on any atom is -0.481 e. The summed E-state index contributed by atoms with van der Waals surface area (Å²) >= 11 is 0. The van der Waals surface area contributed by atoms with Gasteiger partial charge in [-0.3, -0.25) is 15.0 Å². The fourth-order valence-electron chi connectivity index (χ4n) is 2.49. The number of hydrogen-bond acceptors (Lipinski definition) is 4. The van der Waals surface area contributed by atoms with Gasteiger partial charge in [-0.1, -0.05) is 13.8 Å². The van der Waals surface area contributed by atoms with E-state index in [1.165, 1.54) is 0 Å². The molecule has 2 N–H and O–H groups in total. The Labute approximate surface area is 99.9 Å². The van der Waals surface area contributed by atoms with Crippen molar-refractivity contribution in [3.8, 4) is 0 Å². The average molecular weight is 242 g/mol. The summed E-state index contributed by atoms with van der Waals surface area (Å²) in [5.74, 6) is -2.08. The maximum absolute atomic E-state index is 11.9. The third kappa shape index (κ3) is 2.28. The van der Waals surface area contributed by atoms with Gasteiger partial charge in [0, 0.05) is 13.1 Å². The van der Waals surface area contributed by atoms with Gasteiger partial charge in [-0.2, -0.15) is 0 Å². The molecule has 96 valence electrons. The third-order valence-corrected chi connectivity index (χ3v) is 3.66. The topological polar surface area (TPSA) is 78.9 Å². The monoisotopic (exact) mass is 242 g/mol. The molecule has 6 heteroatoms. The minimum atomic E-state index is -0.892. The second-order valence-corrected chi connectivity index (χ2v) is 5.19. The Bertz CT molecular complexity index is 336. The molecule has 17 heavy (non-hydrogen) atoms. The predicted molar refractivity (Wildman–Crippen MR) is 58.9 cm³/mol. The van der Waals surface area contributed by atoms with Crippen LogP contribution in [0.1, 0.15) is 13.8 Å².